The highest BCUT2D eigenvalue weighted by atomic mass is 35.5. The predicted molar refractivity (Wildman–Crippen MR) is 73.9 cm³/mol. The van der Waals surface area contributed by atoms with Crippen LogP contribution < -0.4 is 5.32 Å². The van der Waals surface area contributed by atoms with E-state index in [0.717, 1.165) is 48.9 Å². The van der Waals surface area contributed by atoms with Crippen molar-refractivity contribution in [2.24, 2.45) is 0 Å². The molecule has 0 saturated carbocycles. The lowest BCUT2D eigenvalue weighted by Crippen LogP contribution is -2.24. The maximum Gasteiger partial charge on any atom is 0.0860 e. The molecule has 0 aliphatic carbocycles. The van der Waals surface area contributed by atoms with E-state index < -0.39 is 0 Å². The summed E-state index contributed by atoms with van der Waals surface area (Å²) in [4.78, 5) is 0. The van der Waals surface area contributed by atoms with Gasteiger partial charge in [-0.25, -0.2) is 0 Å². The zero-order valence-electron chi connectivity index (χ0n) is 10.8. The molecule has 1 rings (SSSR count). The minimum absolute atomic E-state index is 0.192. The summed E-state index contributed by atoms with van der Waals surface area (Å²) in [6.45, 7) is 8.50. The molecule has 0 aliphatic heterocycles. The Labute approximate surface area is 113 Å². The summed E-state index contributed by atoms with van der Waals surface area (Å²) in [5.41, 5.74) is 1.94. The molecule has 0 bridgehead atoms. The average molecular weight is 278 g/mol. The third-order valence-electron chi connectivity index (χ3n) is 2.71. The highest BCUT2D eigenvalue weighted by Gasteiger charge is 2.12. The summed E-state index contributed by atoms with van der Waals surface area (Å²) in [5.74, 6) is 0. The van der Waals surface area contributed by atoms with Crippen LogP contribution in [-0.2, 0) is 13.1 Å². The molecular weight excluding hydrogens is 257 g/mol. The van der Waals surface area contributed by atoms with E-state index in [1.54, 1.807) is 0 Å². The summed E-state index contributed by atoms with van der Waals surface area (Å²) < 4.78 is 1.94. The second kappa shape index (κ2) is 7.24. The zero-order valence-corrected chi connectivity index (χ0v) is 12.3. The molecule has 0 aromatic carbocycles. The smallest absolute Gasteiger partial charge is 0.0860 e. The second-order valence-electron chi connectivity index (χ2n) is 4.18. The van der Waals surface area contributed by atoms with Crippen molar-refractivity contribution in [3.63, 3.8) is 0 Å². The van der Waals surface area contributed by atoms with Crippen molar-refractivity contribution in [3.05, 3.63) is 16.4 Å². The summed E-state index contributed by atoms with van der Waals surface area (Å²) >= 11 is 12.4. The molecule has 98 valence electrons. The van der Waals surface area contributed by atoms with Crippen LogP contribution in [0.2, 0.25) is 5.02 Å². The van der Waals surface area contributed by atoms with E-state index in [0.29, 0.717) is 0 Å². The van der Waals surface area contributed by atoms with Gasteiger partial charge in [-0.05, 0) is 20.3 Å². The zero-order chi connectivity index (χ0) is 12.8. The first kappa shape index (κ1) is 14.8. The van der Waals surface area contributed by atoms with Crippen molar-refractivity contribution in [1.29, 1.82) is 0 Å². The number of halogens is 2. The molecule has 1 aromatic heterocycles. The Balaban J connectivity index is 2.51. The van der Waals surface area contributed by atoms with Crippen molar-refractivity contribution in [1.82, 2.24) is 15.1 Å². The number of nitrogens with zero attached hydrogens (tertiary/aromatic N) is 2. The highest BCUT2D eigenvalue weighted by Crippen LogP contribution is 2.20. The maximum atomic E-state index is 6.21. The van der Waals surface area contributed by atoms with Gasteiger partial charge in [-0.3, -0.25) is 4.68 Å². The first-order valence-corrected chi connectivity index (χ1v) is 6.98. The minimum Gasteiger partial charge on any atom is -0.310 e. The van der Waals surface area contributed by atoms with Crippen LogP contribution in [0, 0.1) is 6.92 Å². The van der Waals surface area contributed by atoms with Gasteiger partial charge in [0.2, 0.25) is 0 Å². The maximum absolute atomic E-state index is 6.21. The van der Waals surface area contributed by atoms with Crippen LogP contribution in [-0.4, -0.2) is 21.7 Å². The molecule has 0 spiro atoms. The summed E-state index contributed by atoms with van der Waals surface area (Å²) in [7, 11) is 0. The van der Waals surface area contributed by atoms with Crippen LogP contribution in [0.15, 0.2) is 0 Å². The monoisotopic (exact) mass is 277 g/mol. The number of aromatic nitrogens is 2. The molecule has 1 N–H and O–H groups in total. The molecule has 0 aliphatic rings. The first-order chi connectivity index (χ1) is 8.10. The topological polar surface area (TPSA) is 29.9 Å². The fourth-order valence-electron chi connectivity index (χ4n) is 1.80. The van der Waals surface area contributed by atoms with Gasteiger partial charge in [0, 0.05) is 25.0 Å². The van der Waals surface area contributed by atoms with Gasteiger partial charge in [-0.15, -0.1) is 11.6 Å². The quantitative estimate of drug-likeness (QED) is 0.775. The van der Waals surface area contributed by atoms with Crippen molar-refractivity contribution < 1.29 is 0 Å². The van der Waals surface area contributed by atoms with Gasteiger partial charge in [0.25, 0.3) is 0 Å². The lowest BCUT2D eigenvalue weighted by Gasteiger charge is -2.10. The summed E-state index contributed by atoms with van der Waals surface area (Å²) in [5, 5.41) is 8.67. The summed E-state index contributed by atoms with van der Waals surface area (Å²) in [6.07, 6.45) is 2.15. The van der Waals surface area contributed by atoms with Gasteiger partial charge in [-0.1, -0.05) is 24.9 Å². The Kier molecular flexibility index (Phi) is 6.31. The van der Waals surface area contributed by atoms with E-state index in [-0.39, 0.29) is 5.38 Å². The predicted octanol–water partition coefficient (Wildman–Crippen LogP) is 3.36. The van der Waals surface area contributed by atoms with E-state index in [1.165, 1.54) is 0 Å². The fourth-order valence-corrected chi connectivity index (χ4v) is 2.33. The molecule has 0 amide bonds. The van der Waals surface area contributed by atoms with Crippen LogP contribution in [0.4, 0.5) is 0 Å². The Hall–Kier alpha value is -0.250. The van der Waals surface area contributed by atoms with Gasteiger partial charge >= 0.3 is 0 Å². The molecule has 1 aromatic rings. The van der Waals surface area contributed by atoms with Crippen LogP contribution in [0.25, 0.3) is 0 Å². The van der Waals surface area contributed by atoms with Crippen molar-refractivity contribution >= 4 is 23.2 Å². The van der Waals surface area contributed by atoms with E-state index in [9.17, 15) is 0 Å². The van der Waals surface area contributed by atoms with Crippen molar-refractivity contribution in [2.45, 2.75) is 52.1 Å². The van der Waals surface area contributed by atoms with Crippen molar-refractivity contribution in [3.8, 4) is 0 Å². The SMILES string of the molecule is CCCC(Cl)CNCc1c(Cl)c(C)nn1CC. The standard InChI is InChI=1S/C12H21Cl2N3/c1-4-6-10(13)7-15-8-11-12(14)9(3)16-17(11)5-2/h10,15H,4-8H2,1-3H3. The van der Waals surface area contributed by atoms with Gasteiger partial charge < -0.3 is 5.32 Å². The fraction of sp³-hybridized carbons (Fsp3) is 0.750. The second-order valence-corrected chi connectivity index (χ2v) is 5.17. The Bertz CT molecular complexity index is 350. The molecule has 0 saturated heterocycles. The molecule has 5 heteroatoms. The molecule has 3 nitrogen and oxygen atoms in total. The Morgan fingerprint density at radius 1 is 1.41 bits per heavy atom. The van der Waals surface area contributed by atoms with Crippen molar-refractivity contribution in [2.75, 3.05) is 6.54 Å². The number of alkyl halides is 1. The molecule has 0 radical (unpaired) electrons. The molecule has 1 atom stereocenters. The van der Waals surface area contributed by atoms with Crippen LogP contribution in [0.5, 0.6) is 0 Å². The number of aryl methyl sites for hydroxylation is 2. The molecule has 17 heavy (non-hydrogen) atoms. The van der Waals surface area contributed by atoms with Gasteiger partial charge in [0.05, 0.1) is 16.4 Å². The van der Waals surface area contributed by atoms with Crippen LogP contribution in [0.3, 0.4) is 0 Å². The third-order valence-corrected chi connectivity index (χ3v) is 3.58. The average Bonchev–Trinajstić information content (AvgIpc) is 2.57. The van der Waals surface area contributed by atoms with Gasteiger partial charge in [0.15, 0.2) is 0 Å². The number of nitrogens with one attached hydrogen (secondary N) is 1. The van der Waals surface area contributed by atoms with Gasteiger partial charge in [0.1, 0.15) is 0 Å². The van der Waals surface area contributed by atoms with Crippen LogP contribution >= 0.6 is 23.2 Å². The third kappa shape index (κ3) is 4.16. The van der Waals surface area contributed by atoms with E-state index in [1.807, 2.05) is 11.6 Å². The molecule has 1 unspecified atom stereocenters. The lowest BCUT2D eigenvalue weighted by atomic mass is 10.2. The Morgan fingerprint density at radius 3 is 2.71 bits per heavy atom. The van der Waals surface area contributed by atoms with E-state index >= 15 is 0 Å². The number of rotatable bonds is 7. The highest BCUT2D eigenvalue weighted by molar-refractivity contribution is 6.31. The first-order valence-electron chi connectivity index (χ1n) is 6.16. The molecular formula is C12H21Cl2N3. The molecule has 0 fully saturated rings. The normalized spacial score (nSPS) is 13.0. The van der Waals surface area contributed by atoms with Crippen LogP contribution in [0.1, 0.15) is 38.1 Å². The molecule has 1 heterocycles. The summed E-state index contributed by atoms with van der Waals surface area (Å²) in [6, 6.07) is 0. The number of hydrogen-bond acceptors (Lipinski definition) is 2. The van der Waals surface area contributed by atoms with Gasteiger partial charge in [-0.2, -0.15) is 5.10 Å². The Morgan fingerprint density at radius 2 is 2.12 bits per heavy atom. The lowest BCUT2D eigenvalue weighted by molar-refractivity contribution is 0.565. The minimum atomic E-state index is 0.192. The van der Waals surface area contributed by atoms with E-state index in [4.69, 9.17) is 23.2 Å². The number of hydrogen-bond donors (Lipinski definition) is 1. The largest absolute Gasteiger partial charge is 0.310 e. The van der Waals surface area contributed by atoms with E-state index in [2.05, 4.69) is 24.3 Å².